The van der Waals surface area contributed by atoms with Gasteiger partial charge in [-0.05, 0) is 35.0 Å². The summed E-state index contributed by atoms with van der Waals surface area (Å²) in [7, 11) is 1.82. The summed E-state index contributed by atoms with van der Waals surface area (Å²) in [6.45, 7) is 0. The molecule has 100 valence electrons. The topological polar surface area (TPSA) is 81.4 Å². The minimum Gasteiger partial charge on any atom is -0.372 e. The van der Waals surface area contributed by atoms with Crippen molar-refractivity contribution in [2.75, 3.05) is 12.4 Å². The van der Waals surface area contributed by atoms with Gasteiger partial charge in [0.15, 0.2) is 0 Å². The second kappa shape index (κ2) is 5.52. The van der Waals surface area contributed by atoms with E-state index in [1.54, 1.807) is 12.4 Å². The van der Waals surface area contributed by atoms with Crippen LogP contribution in [-0.4, -0.2) is 37.2 Å². The van der Waals surface area contributed by atoms with Crippen molar-refractivity contribution in [3.05, 3.63) is 12.4 Å². The molecule has 0 radical (unpaired) electrons. The lowest BCUT2D eigenvalue weighted by molar-refractivity contribution is 0.423. The number of hydrogen-bond acceptors (Lipinski definition) is 7. The minimum atomic E-state index is 0.429. The van der Waals surface area contributed by atoms with E-state index in [-0.39, 0.29) is 0 Å². The lowest BCUT2D eigenvalue weighted by Gasteiger charge is -2.10. The van der Waals surface area contributed by atoms with Gasteiger partial charge in [-0.25, -0.2) is 9.67 Å². The summed E-state index contributed by atoms with van der Waals surface area (Å²) >= 11 is 1.45. The number of anilines is 1. The van der Waals surface area contributed by atoms with E-state index in [1.165, 1.54) is 24.6 Å². The molecule has 1 fully saturated rings. The normalized spacial score (nSPS) is 15.8. The van der Waals surface area contributed by atoms with Gasteiger partial charge >= 0.3 is 0 Å². The van der Waals surface area contributed by atoms with Crippen molar-refractivity contribution < 1.29 is 0 Å². The van der Waals surface area contributed by atoms with Crippen molar-refractivity contribution in [3.63, 3.8) is 0 Å². The Morgan fingerprint density at radius 3 is 2.95 bits per heavy atom. The minimum absolute atomic E-state index is 0.429. The van der Waals surface area contributed by atoms with Crippen LogP contribution in [0.4, 0.5) is 5.82 Å². The fourth-order valence-electron chi connectivity index (χ4n) is 2.24. The van der Waals surface area contributed by atoms with Crippen molar-refractivity contribution in [3.8, 4) is 0 Å². The molecule has 0 unspecified atom stereocenters. The van der Waals surface area contributed by atoms with Crippen molar-refractivity contribution >= 4 is 17.6 Å². The Hall–Kier alpha value is -1.70. The van der Waals surface area contributed by atoms with E-state index in [9.17, 15) is 0 Å². The van der Waals surface area contributed by atoms with Crippen LogP contribution in [-0.2, 0) is 0 Å². The van der Waals surface area contributed by atoms with E-state index in [1.807, 2.05) is 11.7 Å². The molecule has 0 atom stereocenters. The molecule has 19 heavy (non-hydrogen) atoms. The molecule has 0 bridgehead atoms. The van der Waals surface area contributed by atoms with E-state index in [4.69, 9.17) is 0 Å². The maximum absolute atomic E-state index is 4.41. The zero-order valence-electron chi connectivity index (χ0n) is 10.7. The van der Waals surface area contributed by atoms with Gasteiger partial charge in [0.1, 0.15) is 10.8 Å². The summed E-state index contributed by atoms with van der Waals surface area (Å²) in [6, 6.07) is 0.429. The molecule has 7 nitrogen and oxygen atoms in total. The fourth-order valence-corrected chi connectivity index (χ4v) is 3.04. The van der Waals surface area contributed by atoms with Gasteiger partial charge < -0.3 is 5.32 Å². The molecule has 2 heterocycles. The molecule has 1 aliphatic carbocycles. The maximum atomic E-state index is 4.41. The number of hydrogen-bond donors (Lipinski definition) is 1. The Morgan fingerprint density at radius 1 is 1.32 bits per heavy atom. The Labute approximate surface area is 115 Å². The van der Waals surface area contributed by atoms with Gasteiger partial charge in [0.05, 0.1) is 18.4 Å². The third kappa shape index (κ3) is 2.67. The number of rotatable bonds is 4. The first-order chi connectivity index (χ1) is 9.36. The van der Waals surface area contributed by atoms with E-state index < -0.39 is 0 Å². The number of nitrogens with zero attached hydrogens (tertiary/aromatic N) is 6. The van der Waals surface area contributed by atoms with Gasteiger partial charge in [-0.1, -0.05) is 12.8 Å². The molecule has 1 saturated carbocycles. The number of tetrazole rings is 1. The van der Waals surface area contributed by atoms with Crippen LogP contribution >= 0.6 is 11.8 Å². The lowest BCUT2D eigenvalue weighted by atomic mass is 10.3. The second-order valence-corrected chi connectivity index (χ2v) is 5.43. The molecular formula is C11H15N7S. The van der Waals surface area contributed by atoms with E-state index in [2.05, 4.69) is 30.8 Å². The third-order valence-corrected chi connectivity index (χ3v) is 4.05. The summed E-state index contributed by atoms with van der Waals surface area (Å²) in [5.74, 6) is 0.741. The van der Waals surface area contributed by atoms with E-state index in [0.29, 0.717) is 6.04 Å². The number of nitrogens with one attached hydrogen (secondary N) is 1. The Morgan fingerprint density at radius 2 is 2.16 bits per heavy atom. The summed E-state index contributed by atoms with van der Waals surface area (Å²) in [5, 5.41) is 16.5. The smallest absolute Gasteiger partial charge is 0.215 e. The van der Waals surface area contributed by atoms with Gasteiger partial charge in [0, 0.05) is 7.05 Å². The van der Waals surface area contributed by atoms with Gasteiger partial charge in [-0.2, -0.15) is 0 Å². The molecule has 3 rings (SSSR count). The van der Waals surface area contributed by atoms with Crippen LogP contribution in [0.3, 0.4) is 0 Å². The number of aromatic nitrogens is 6. The van der Waals surface area contributed by atoms with Crippen LogP contribution in [0.15, 0.2) is 22.6 Å². The highest BCUT2D eigenvalue weighted by atomic mass is 32.2. The largest absolute Gasteiger partial charge is 0.372 e. The molecule has 0 saturated heterocycles. The first-order valence-corrected chi connectivity index (χ1v) is 7.14. The molecule has 1 aliphatic rings. The molecule has 2 aromatic heterocycles. The van der Waals surface area contributed by atoms with Crippen molar-refractivity contribution in [1.82, 2.24) is 30.2 Å². The molecule has 2 aromatic rings. The highest BCUT2D eigenvalue weighted by molar-refractivity contribution is 7.99. The second-order valence-electron chi connectivity index (χ2n) is 4.44. The molecule has 1 N–H and O–H groups in total. The van der Waals surface area contributed by atoms with Crippen molar-refractivity contribution in [2.24, 2.45) is 0 Å². The maximum Gasteiger partial charge on any atom is 0.215 e. The zero-order valence-corrected chi connectivity index (χ0v) is 11.5. The Kier molecular flexibility index (Phi) is 3.58. The van der Waals surface area contributed by atoms with E-state index in [0.717, 1.165) is 28.8 Å². The molecule has 0 spiro atoms. The summed E-state index contributed by atoms with van der Waals surface area (Å²) in [5.41, 5.74) is 0. The van der Waals surface area contributed by atoms with Crippen molar-refractivity contribution in [1.29, 1.82) is 0 Å². The summed E-state index contributed by atoms with van der Waals surface area (Å²) in [6.07, 6.45) is 8.22. The van der Waals surface area contributed by atoms with Gasteiger partial charge in [0.25, 0.3) is 0 Å². The van der Waals surface area contributed by atoms with Gasteiger partial charge in [0.2, 0.25) is 5.16 Å². The monoisotopic (exact) mass is 277 g/mol. The summed E-state index contributed by atoms with van der Waals surface area (Å²) < 4.78 is 1.92. The Bertz CT molecular complexity index is 549. The van der Waals surface area contributed by atoms with Gasteiger partial charge in [-0.3, -0.25) is 4.98 Å². The van der Waals surface area contributed by atoms with Crippen LogP contribution in [0.1, 0.15) is 31.7 Å². The molecule has 0 amide bonds. The zero-order chi connectivity index (χ0) is 13.1. The fraction of sp³-hybridized carbons (Fsp3) is 0.545. The van der Waals surface area contributed by atoms with Crippen LogP contribution in [0.5, 0.6) is 0 Å². The SMILES string of the molecule is CNc1cncc(Sc2nnnn2C2CCCC2)n1. The lowest BCUT2D eigenvalue weighted by Crippen LogP contribution is -2.08. The molecule has 0 aliphatic heterocycles. The van der Waals surface area contributed by atoms with Crippen LogP contribution in [0, 0.1) is 0 Å². The third-order valence-electron chi connectivity index (χ3n) is 3.20. The quantitative estimate of drug-likeness (QED) is 0.912. The average molecular weight is 277 g/mol. The standard InChI is InChI=1S/C11H15N7S/c1-12-9-6-13-7-10(14-9)19-11-15-16-17-18(11)8-4-2-3-5-8/h6-8H,2-5H2,1H3,(H,12,14). The van der Waals surface area contributed by atoms with E-state index >= 15 is 0 Å². The molecule has 0 aromatic carbocycles. The van der Waals surface area contributed by atoms with Gasteiger partial charge in [-0.15, -0.1) is 5.10 Å². The molecular weight excluding hydrogens is 262 g/mol. The van der Waals surface area contributed by atoms with Crippen LogP contribution < -0.4 is 5.32 Å². The molecule has 8 heteroatoms. The first kappa shape index (κ1) is 12.3. The highest BCUT2D eigenvalue weighted by Crippen LogP contribution is 2.33. The van der Waals surface area contributed by atoms with Crippen LogP contribution in [0.2, 0.25) is 0 Å². The highest BCUT2D eigenvalue weighted by Gasteiger charge is 2.22. The van der Waals surface area contributed by atoms with Crippen molar-refractivity contribution in [2.45, 2.75) is 41.9 Å². The first-order valence-electron chi connectivity index (χ1n) is 6.32. The predicted molar refractivity (Wildman–Crippen MR) is 71.0 cm³/mol. The summed E-state index contributed by atoms with van der Waals surface area (Å²) in [4.78, 5) is 8.55. The average Bonchev–Trinajstić information content (AvgIpc) is 3.09. The van der Waals surface area contributed by atoms with Crippen LogP contribution in [0.25, 0.3) is 0 Å². The Balaban J connectivity index is 1.81. The predicted octanol–water partition coefficient (Wildman–Crippen LogP) is 1.77.